The van der Waals surface area contributed by atoms with Gasteiger partial charge in [-0.15, -0.1) is 0 Å². The van der Waals surface area contributed by atoms with Crippen LogP contribution in [0.2, 0.25) is 0 Å². The zero-order valence-corrected chi connectivity index (χ0v) is 11.6. The Hall–Kier alpha value is -1.84. The Balaban J connectivity index is 2.05. The first kappa shape index (κ1) is 13.6. The summed E-state index contributed by atoms with van der Waals surface area (Å²) in [6.07, 6.45) is 2.03. The highest BCUT2D eigenvalue weighted by molar-refractivity contribution is 6.10. The van der Waals surface area contributed by atoms with Crippen LogP contribution < -0.4 is 10.6 Å². The Bertz CT molecular complexity index is 505. The number of carbonyl (C=O) groups is 2. The molecule has 0 bridgehead atoms. The van der Waals surface area contributed by atoms with Gasteiger partial charge in [0, 0.05) is 11.7 Å². The Morgan fingerprint density at radius 3 is 2.37 bits per heavy atom. The third-order valence-corrected chi connectivity index (χ3v) is 3.44. The summed E-state index contributed by atoms with van der Waals surface area (Å²) in [5.41, 5.74) is 0.666. The fourth-order valence-electron chi connectivity index (χ4n) is 1.69. The predicted octanol–water partition coefficient (Wildman–Crippen LogP) is 2.24. The Morgan fingerprint density at radius 2 is 1.79 bits per heavy atom. The summed E-state index contributed by atoms with van der Waals surface area (Å²) in [6.45, 7) is 5.23. The topological polar surface area (TPSA) is 58.2 Å². The molecule has 0 spiro atoms. The predicted molar refractivity (Wildman–Crippen MR) is 74.8 cm³/mol. The van der Waals surface area contributed by atoms with Crippen molar-refractivity contribution in [1.29, 1.82) is 0 Å². The van der Waals surface area contributed by atoms with Crippen molar-refractivity contribution in [2.24, 2.45) is 5.41 Å². The van der Waals surface area contributed by atoms with Crippen molar-refractivity contribution in [2.75, 3.05) is 5.32 Å². The monoisotopic (exact) mass is 260 g/mol. The molecule has 0 aliphatic heterocycles. The third-order valence-electron chi connectivity index (χ3n) is 3.44. The lowest BCUT2D eigenvalue weighted by molar-refractivity contribution is -0.138. The highest BCUT2D eigenvalue weighted by atomic mass is 16.2. The van der Waals surface area contributed by atoms with Gasteiger partial charge < -0.3 is 10.6 Å². The molecule has 1 fully saturated rings. The molecule has 1 aliphatic carbocycles. The van der Waals surface area contributed by atoms with Crippen LogP contribution in [0.3, 0.4) is 0 Å². The second-order valence-corrected chi connectivity index (χ2v) is 5.64. The average molecular weight is 260 g/mol. The molecular weight excluding hydrogens is 240 g/mol. The Kier molecular flexibility index (Phi) is 3.60. The molecule has 0 radical (unpaired) electrons. The van der Waals surface area contributed by atoms with E-state index in [4.69, 9.17) is 0 Å². The SMILES string of the molecule is Cc1ccccc1NC(=O)C(C)(C)C(=O)NC1CC1. The molecular formula is C15H20N2O2. The number of nitrogens with one attached hydrogen (secondary N) is 2. The summed E-state index contributed by atoms with van der Waals surface area (Å²) in [6, 6.07) is 7.79. The van der Waals surface area contributed by atoms with Crippen LogP contribution in [0.15, 0.2) is 24.3 Å². The van der Waals surface area contributed by atoms with E-state index < -0.39 is 5.41 Å². The number of carbonyl (C=O) groups excluding carboxylic acids is 2. The average Bonchev–Trinajstić information content (AvgIpc) is 3.15. The molecule has 0 saturated heterocycles. The zero-order valence-electron chi connectivity index (χ0n) is 11.6. The number of amides is 2. The smallest absolute Gasteiger partial charge is 0.239 e. The molecule has 2 N–H and O–H groups in total. The maximum absolute atomic E-state index is 12.3. The molecule has 0 unspecified atom stereocenters. The number of anilines is 1. The van der Waals surface area contributed by atoms with Crippen LogP contribution in [-0.4, -0.2) is 17.9 Å². The highest BCUT2D eigenvalue weighted by Crippen LogP contribution is 2.24. The van der Waals surface area contributed by atoms with Gasteiger partial charge in [-0.3, -0.25) is 9.59 Å². The van der Waals surface area contributed by atoms with E-state index in [0.717, 1.165) is 24.1 Å². The third kappa shape index (κ3) is 3.13. The summed E-state index contributed by atoms with van der Waals surface area (Å²) < 4.78 is 0. The molecule has 0 heterocycles. The largest absolute Gasteiger partial charge is 0.352 e. The van der Waals surface area contributed by atoms with E-state index >= 15 is 0 Å². The summed E-state index contributed by atoms with van der Waals surface area (Å²) in [5.74, 6) is -0.485. The first-order valence-electron chi connectivity index (χ1n) is 6.59. The van der Waals surface area contributed by atoms with Gasteiger partial charge in [-0.2, -0.15) is 0 Å². The number of rotatable bonds is 4. The van der Waals surface area contributed by atoms with Gasteiger partial charge in [0.2, 0.25) is 11.8 Å². The minimum atomic E-state index is -1.06. The van der Waals surface area contributed by atoms with Gasteiger partial charge in [0.25, 0.3) is 0 Å². The van der Waals surface area contributed by atoms with Gasteiger partial charge in [0.15, 0.2) is 0 Å². The van der Waals surface area contributed by atoms with Gasteiger partial charge in [-0.25, -0.2) is 0 Å². The number of aryl methyl sites for hydroxylation is 1. The maximum atomic E-state index is 12.3. The summed E-state index contributed by atoms with van der Waals surface area (Å²) in [4.78, 5) is 24.3. The first-order chi connectivity index (χ1) is 8.91. The fraction of sp³-hybridized carbons (Fsp3) is 0.467. The van der Waals surface area contributed by atoms with Crippen molar-refractivity contribution in [3.05, 3.63) is 29.8 Å². The fourth-order valence-corrected chi connectivity index (χ4v) is 1.69. The van der Waals surface area contributed by atoms with E-state index in [1.807, 2.05) is 31.2 Å². The second-order valence-electron chi connectivity index (χ2n) is 5.64. The molecule has 1 aromatic carbocycles. The number of para-hydroxylation sites is 1. The number of hydrogen-bond donors (Lipinski definition) is 2. The summed E-state index contributed by atoms with van der Waals surface area (Å²) in [7, 11) is 0. The minimum absolute atomic E-state index is 0.207. The van der Waals surface area contributed by atoms with Crippen LogP contribution in [0.5, 0.6) is 0 Å². The minimum Gasteiger partial charge on any atom is -0.352 e. The summed E-state index contributed by atoms with van der Waals surface area (Å²) >= 11 is 0. The molecule has 1 saturated carbocycles. The van der Waals surface area contributed by atoms with E-state index in [1.165, 1.54) is 0 Å². The van der Waals surface area contributed by atoms with Gasteiger partial charge in [0.05, 0.1) is 0 Å². The van der Waals surface area contributed by atoms with Crippen LogP contribution >= 0.6 is 0 Å². The van der Waals surface area contributed by atoms with E-state index in [2.05, 4.69) is 10.6 Å². The second kappa shape index (κ2) is 5.03. The zero-order chi connectivity index (χ0) is 14.0. The first-order valence-corrected chi connectivity index (χ1v) is 6.59. The molecule has 1 aliphatic rings. The Morgan fingerprint density at radius 1 is 1.16 bits per heavy atom. The lowest BCUT2D eigenvalue weighted by Crippen LogP contribution is -2.45. The molecule has 4 nitrogen and oxygen atoms in total. The standard InChI is InChI=1S/C15H20N2O2/c1-10-6-4-5-7-12(10)17-14(19)15(2,3)13(18)16-11-8-9-11/h4-7,11H,8-9H2,1-3H3,(H,16,18)(H,17,19). The van der Waals surface area contributed by atoms with Crippen LogP contribution in [0, 0.1) is 12.3 Å². The van der Waals surface area contributed by atoms with Crippen LogP contribution in [0.4, 0.5) is 5.69 Å². The number of benzene rings is 1. The van der Waals surface area contributed by atoms with E-state index in [-0.39, 0.29) is 17.9 Å². The maximum Gasteiger partial charge on any atom is 0.239 e. The van der Waals surface area contributed by atoms with Crippen molar-refractivity contribution >= 4 is 17.5 Å². The van der Waals surface area contributed by atoms with Gasteiger partial charge >= 0.3 is 0 Å². The van der Waals surface area contributed by atoms with Crippen molar-refractivity contribution in [2.45, 2.75) is 39.7 Å². The van der Waals surface area contributed by atoms with Crippen molar-refractivity contribution in [3.63, 3.8) is 0 Å². The summed E-state index contributed by atoms with van der Waals surface area (Å²) in [5, 5.41) is 5.70. The molecule has 2 amide bonds. The van der Waals surface area contributed by atoms with Gasteiger partial charge in [-0.05, 0) is 45.2 Å². The van der Waals surface area contributed by atoms with Gasteiger partial charge in [0.1, 0.15) is 5.41 Å². The molecule has 2 rings (SSSR count). The van der Waals surface area contributed by atoms with E-state index in [9.17, 15) is 9.59 Å². The number of hydrogen-bond acceptors (Lipinski definition) is 2. The van der Waals surface area contributed by atoms with E-state index in [0.29, 0.717) is 0 Å². The molecule has 19 heavy (non-hydrogen) atoms. The van der Waals surface area contributed by atoms with Crippen LogP contribution in [0.1, 0.15) is 32.3 Å². The molecule has 102 valence electrons. The van der Waals surface area contributed by atoms with Crippen molar-refractivity contribution in [3.8, 4) is 0 Å². The lowest BCUT2D eigenvalue weighted by atomic mass is 9.90. The molecule has 0 aromatic heterocycles. The Labute approximate surface area is 113 Å². The quantitative estimate of drug-likeness (QED) is 0.816. The highest BCUT2D eigenvalue weighted by Gasteiger charge is 2.38. The normalized spacial score (nSPS) is 14.9. The van der Waals surface area contributed by atoms with Crippen molar-refractivity contribution < 1.29 is 9.59 Å². The molecule has 0 atom stereocenters. The molecule has 1 aromatic rings. The van der Waals surface area contributed by atoms with E-state index in [1.54, 1.807) is 13.8 Å². The lowest BCUT2D eigenvalue weighted by Gasteiger charge is -2.23. The molecule has 4 heteroatoms. The van der Waals surface area contributed by atoms with Crippen LogP contribution in [-0.2, 0) is 9.59 Å². The van der Waals surface area contributed by atoms with Gasteiger partial charge in [-0.1, -0.05) is 18.2 Å². The van der Waals surface area contributed by atoms with Crippen molar-refractivity contribution in [1.82, 2.24) is 5.32 Å². The van der Waals surface area contributed by atoms with Crippen LogP contribution in [0.25, 0.3) is 0 Å².